The number of carbonyl (C=O) groups excluding carboxylic acids is 3. The van der Waals surface area contributed by atoms with Crippen molar-refractivity contribution in [3.8, 4) is 11.5 Å². The number of fused-ring (bicyclic) bond motifs is 1. The Kier molecular flexibility index (Phi) is 13.2. The minimum absolute atomic E-state index is 0.113. The van der Waals surface area contributed by atoms with Crippen LogP contribution in [0.1, 0.15) is 60.7 Å². The van der Waals surface area contributed by atoms with Crippen molar-refractivity contribution >= 4 is 29.2 Å². The molecular formula is C37H48N4O7. The van der Waals surface area contributed by atoms with Crippen LogP contribution in [0.3, 0.4) is 0 Å². The van der Waals surface area contributed by atoms with Gasteiger partial charge in [0, 0.05) is 49.6 Å². The molecule has 3 aromatic carbocycles. The van der Waals surface area contributed by atoms with Crippen LogP contribution in [-0.2, 0) is 4.74 Å². The summed E-state index contributed by atoms with van der Waals surface area (Å²) >= 11 is 0. The summed E-state index contributed by atoms with van der Waals surface area (Å²) in [6.45, 7) is 6.55. The number of hydrogen-bond acceptors (Lipinski definition) is 7. The third-order valence-corrected chi connectivity index (χ3v) is 8.48. The maximum atomic E-state index is 14.4. The number of nitrogens with one attached hydrogen (secondary N) is 2. The molecule has 0 unspecified atom stereocenters. The molecule has 4 atom stereocenters. The van der Waals surface area contributed by atoms with Gasteiger partial charge in [0.25, 0.3) is 11.8 Å². The highest BCUT2D eigenvalue weighted by Gasteiger charge is 2.31. The van der Waals surface area contributed by atoms with E-state index in [-0.39, 0.29) is 48.7 Å². The van der Waals surface area contributed by atoms with Gasteiger partial charge in [-0.3, -0.25) is 9.59 Å². The summed E-state index contributed by atoms with van der Waals surface area (Å²) in [5, 5.41) is 15.8. The quantitative estimate of drug-likeness (QED) is 0.274. The highest BCUT2D eigenvalue weighted by Crippen LogP contribution is 2.29. The summed E-state index contributed by atoms with van der Waals surface area (Å²) in [4.78, 5) is 43.7. The van der Waals surface area contributed by atoms with Gasteiger partial charge in [-0.1, -0.05) is 25.1 Å². The first kappa shape index (κ1) is 36.2. The van der Waals surface area contributed by atoms with Crippen LogP contribution in [0.15, 0.2) is 72.8 Å². The van der Waals surface area contributed by atoms with Crippen molar-refractivity contribution in [2.75, 3.05) is 51.1 Å². The van der Waals surface area contributed by atoms with Crippen molar-refractivity contribution in [2.24, 2.45) is 5.92 Å². The summed E-state index contributed by atoms with van der Waals surface area (Å²) in [6.07, 6.45) is 1.84. The Hall–Kier alpha value is -4.61. The van der Waals surface area contributed by atoms with E-state index in [0.717, 1.165) is 19.3 Å². The van der Waals surface area contributed by atoms with Crippen LogP contribution in [0.25, 0.3) is 0 Å². The second-order valence-electron chi connectivity index (χ2n) is 12.4. The molecule has 0 aliphatic carbocycles. The summed E-state index contributed by atoms with van der Waals surface area (Å²) in [5.74, 6) is 0.403. The molecule has 1 aliphatic rings. The summed E-state index contributed by atoms with van der Waals surface area (Å²) < 4.78 is 17.8. The number of amides is 4. The molecule has 11 nitrogen and oxygen atoms in total. The fourth-order valence-electron chi connectivity index (χ4n) is 5.58. The lowest BCUT2D eigenvalue weighted by molar-refractivity contribution is -0.0149. The zero-order valence-corrected chi connectivity index (χ0v) is 28.5. The molecule has 4 rings (SSSR count). The lowest BCUT2D eigenvalue weighted by atomic mass is 10.0. The number of rotatable bonds is 8. The maximum Gasteiger partial charge on any atom is 0.323 e. The van der Waals surface area contributed by atoms with E-state index in [2.05, 4.69) is 10.6 Å². The Morgan fingerprint density at radius 2 is 1.71 bits per heavy atom. The summed E-state index contributed by atoms with van der Waals surface area (Å²) in [7, 11) is 3.32. The topological polar surface area (TPSA) is 130 Å². The Labute approximate surface area is 283 Å². The van der Waals surface area contributed by atoms with Crippen LogP contribution in [0.2, 0.25) is 0 Å². The van der Waals surface area contributed by atoms with Gasteiger partial charge in [0.1, 0.15) is 11.5 Å². The van der Waals surface area contributed by atoms with Gasteiger partial charge in [0.2, 0.25) is 0 Å². The number of nitrogens with zero attached hydrogens (tertiary/aromatic N) is 2. The van der Waals surface area contributed by atoms with Crippen molar-refractivity contribution < 1.29 is 33.7 Å². The fraction of sp³-hybridized carbons (Fsp3) is 0.432. The maximum absolute atomic E-state index is 14.4. The predicted molar refractivity (Wildman–Crippen MR) is 186 cm³/mol. The standard InChI is InChI=1S/C37H48N4O7/c1-25-22-41(26(2)24-42)36(44)32-21-30(39-37(45)38-29-14-17-31(46-5)18-15-29)16-19-33(32)48-27(3)11-9-10-20-47-34(25)23-40(4)35(43)28-12-7-6-8-13-28/h6-8,12-19,21,25-27,34,42H,9-11,20,22-24H2,1-5H3,(H2,38,39,45)/t25-,26+,27-,34-/m1/s1. The molecular weight excluding hydrogens is 612 g/mol. The zero-order valence-electron chi connectivity index (χ0n) is 28.5. The number of urea groups is 1. The molecule has 4 amide bonds. The number of benzene rings is 3. The monoisotopic (exact) mass is 660 g/mol. The molecule has 3 N–H and O–H groups in total. The van der Waals surface area contributed by atoms with E-state index < -0.39 is 12.1 Å². The highest BCUT2D eigenvalue weighted by atomic mass is 16.5. The van der Waals surface area contributed by atoms with Gasteiger partial charge in [0.05, 0.1) is 37.5 Å². The van der Waals surface area contributed by atoms with Gasteiger partial charge >= 0.3 is 6.03 Å². The first-order chi connectivity index (χ1) is 23.1. The number of likely N-dealkylation sites (N-methyl/N-ethyl adjacent to an activating group) is 1. The van der Waals surface area contributed by atoms with Gasteiger partial charge < -0.3 is 39.8 Å². The van der Waals surface area contributed by atoms with E-state index in [1.807, 2.05) is 32.0 Å². The number of methoxy groups -OCH3 is 1. The highest BCUT2D eigenvalue weighted by molar-refractivity contribution is 6.02. The van der Waals surface area contributed by atoms with Crippen molar-refractivity contribution in [1.29, 1.82) is 0 Å². The molecule has 48 heavy (non-hydrogen) atoms. The van der Waals surface area contributed by atoms with Gasteiger partial charge in [0.15, 0.2) is 0 Å². The number of hydrogen-bond donors (Lipinski definition) is 3. The SMILES string of the molecule is COc1ccc(NC(=O)Nc2ccc3c(c2)C(=O)N([C@@H](C)CO)C[C@@H](C)[C@@H](CN(C)C(=O)c2ccccc2)OCCCC[C@@H](C)O3)cc1. The zero-order chi connectivity index (χ0) is 34.6. The van der Waals surface area contributed by atoms with Crippen LogP contribution in [0.4, 0.5) is 16.2 Å². The molecule has 0 saturated carbocycles. The van der Waals surface area contributed by atoms with E-state index in [1.165, 1.54) is 0 Å². The number of ether oxygens (including phenoxy) is 3. The largest absolute Gasteiger partial charge is 0.497 e. The first-order valence-corrected chi connectivity index (χ1v) is 16.5. The molecule has 0 saturated heterocycles. The molecule has 0 radical (unpaired) electrons. The van der Waals surface area contributed by atoms with Crippen LogP contribution < -0.4 is 20.1 Å². The van der Waals surface area contributed by atoms with E-state index in [4.69, 9.17) is 14.2 Å². The first-order valence-electron chi connectivity index (χ1n) is 16.5. The molecule has 0 bridgehead atoms. The van der Waals surface area contributed by atoms with Crippen LogP contribution in [0, 0.1) is 5.92 Å². The Bertz CT molecular complexity index is 1500. The molecule has 0 aromatic heterocycles. The van der Waals surface area contributed by atoms with E-state index in [0.29, 0.717) is 41.6 Å². The average molecular weight is 661 g/mol. The average Bonchev–Trinajstić information content (AvgIpc) is 3.09. The van der Waals surface area contributed by atoms with Crippen LogP contribution in [-0.4, -0.2) is 91.5 Å². The summed E-state index contributed by atoms with van der Waals surface area (Å²) in [5.41, 5.74) is 1.83. The van der Waals surface area contributed by atoms with Crippen molar-refractivity contribution in [3.63, 3.8) is 0 Å². The normalized spacial score (nSPS) is 19.6. The Morgan fingerprint density at radius 1 is 1.02 bits per heavy atom. The molecule has 11 heteroatoms. The number of aliphatic hydroxyl groups is 1. The second kappa shape index (κ2) is 17.5. The molecule has 0 spiro atoms. The third-order valence-electron chi connectivity index (χ3n) is 8.48. The van der Waals surface area contributed by atoms with Crippen LogP contribution >= 0.6 is 0 Å². The van der Waals surface area contributed by atoms with Gasteiger partial charge in [-0.05, 0) is 87.7 Å². The van der Waals surface area contributed by atoms with Gasteiger partial charge in [-0.25, -0.2) is 4.79 Å². The smallest absolute Gasteiger partial charge is 0.323 e. The molecule has 258 valence electrons. The Balaban J connectivity index is 1.59. The second-order valence-corrected chi connectivity index (χ2v) is 12.4. The number of anilines is 2. The third kappa shape index (κ3) is 9.95. The van der Waals surface area contributed by atoms with Gasteiger partial charge in [-0.2, -0.15) is 0 Å². The number of carbonyl (C=O) groups is 3. The van der Waals surface area contributed by atoms with E-state index in [9.17, 15) is 19.5 Å². The molecule has 1 aliphatic heterocycles. The molecule has 3 aromatic rings. The van der Waals surface area contributed by atoms with E-state index >= 15 is 0 Å². The lowest BCUT2D eigenvalue weighted by Gasteiger charge is -2.36. The molecule has 0 fully saturated rings. The van der Waals surface area contributed by atoms with Crippen molar-refractivity contribution in [3.05, 3.63) is 83.9 Å². The minimum atomic E-state index is -0.530. The lowest BCUT2D eigenvalue weighted by Crippen LogP contribution is -2.48. The minimum Gasteiger partial charge on any atom is -0.497 e. The van der Waals surface area contributed by atoms with Crippen molar-refractivity contribution in [2.45, 2.75) is 58.3 Å². The molecule has 1 heterocycles. The fourth-order valence-corrected chi connectivity index (χ4v) is 5.58. The van der Waals surface area contributed by atoms with E-state index in [1.54, 1.807) is 85.5 Å². The Morgan fingerprint density at radius 3 is 2.40 bits per heavy atom. The number of aliphatic hydroxyl groups excluding tert-OH is 1. The van der Waals surface area contributed by atoms with Gasteiger partial charge in [-0.15, -0.1) is 0 Å². The van der Waals surface area contributed by atoms with Crippen molar-refractivity contribution in [1.82, 2.24) is 9.80 Å². The predicted octanol–water partition coefficient (Wildman–Crippen LogP) is 5.91. The summed E-state index contributed by atoms with van der Waals surface area (Å²) in [6, 6.07) is 20.0. The van der Waals surface area contributed by atoms with Crippen LogP contribution in [0.5, 0.6) is 11.5 Å².